The predicted molar refractivity (Wildman–Crippen MR) is 103 cm³/mol. The van der Waals surface area contributed by atoms with Crippen LogP contribution >= 0.6 is 0 Å². The number of rotatable bonds is 5. The minimum Gasteiger partial charge on any atom is -0.490 e. The molecule has 1 aromatic heterocycles. The summed E-state index contributed by atoms with van der Waals surface area (Å²) in [5.74, 6) is 0.839. The van der Waals surface area contributed by atoms with Gasteiger partial charge in [0.15, 0.2) is 17.1 Å². The molecule has 0 spiro atoms. The molecule has 3 nitrogen and oxygen atoms in total. The lowest BCUT2D eigenvalue weighted by Crippen LogP contribution is -1.99. The number of hydrogen-bond acceptors (Lipinski definition) is 3. The molecule has 4 rings (SSSR count). The summed E-state index contributed by atoms with van der Waals surface area (Å²) in [6.45, 7) is 2.46. The Morgan fingerprint density at radius 3 is 2.35 bits per heavy atom. The number of para-hydroxylation sites is 1. The third kappa shape index (κ3) is 3.00. The van der Waals surface area contributed by atoms with Gasteiger partial charge >= 0.3 is 0 Å². The van der Waals surface area contributed by atoms with Gasteiger partial charge < -0.3 is 9.15 Å². The third-order valence-electron chi connectivity index (χ3n) is 4.29. The Morgan fingerprint density at radius 2 is 1.62 bits per heavy atom. The first kappa shape index (κ1) is 16.2. The Morgan fingerprint density at radius 1 is 0.885 bits per heavy atom. The van der Waals surface area contributed by atoms with Gasteiger partial charge in [0.25, 0.3) is 0 Å². The van der Waals surface area contributed by atoms with E-state index in [4.69, 9.17) is 9.15 Å². The van der Waals surface area contributed by atoms with Crippen LogP contribution in [0.1, 0.15) is 23.0 Å². The van der Waals surface area contributed by atoms with Crippen LogP contribution in [0.25, 0.3) is 22.1 Å². The molecule has 0 bridgehead atoms. The molecule has 0 aliphatic heterocycles. The van der Waals surface area contributed by atoms with Gasteiger partial charge in [0, 0.05) is 10.9 Å². The monoisotopic (exact) mass is 342 g/mol. The van der Waals surface area contributed by atoms with Crippen molar-refractivity contribution in [2.24, 2.45) is 0 Å². The fourth-order valence-electron chi connectivity index (χ4n) is 3.00. The van der Waals surface area contributed by atoms with Crippen molar-refractivity contribution in [3.8, 4) is 16.9 Å². The van der Waals surface area contributed by atoms with Crippen molar-refractivity contribution in [1.82, 2.24) is 0 Å². The third-order valence-corrected chi connectivity index (χ3v) is 4.29. The highest BCUT2D eigenvalue weighted by molar-refractivity contribution is 6.09. The van der Waals surface area contributed by atoms with Crippen LogP contribution in [0.15, 0.2) is 83.3 Å². The number of ether oxygens (including phenoxy) is 1. The molecule has 0 fully saturated rings. The molecule has 0 amide bonds. The summed E-state index contributed by atoms with van der Waals surface area (Å²) in [5, 5.41) is 0.861. The molecule has 0 unspecified atom stereocenters. The summed E-state index contributed by atoms with van der Waals surface area (Å²) in [4.78, 5) is 12.8. The summed E-state index contributed by atoms with van der Waals surface area (Å²) in [6, 6.07) is 25.1. The first-order valence-corrected chi connectivity index (χ1v) is 8.62. The summed E-state index contributed by atoms with van der Waals surface area (Å²) < 4.78 is 11.4. The lowest BCUT2D eigenvalue weighted by atomic mass is 10.0. The number of carbonyl (C=O) groups is 1. The second-order valence-electron chi connectivity index (χ2n) is 5.99. The van der Waals surface area contributed by atoms with Crippen LogP contribution in [-0.2, 0) is 0 Å². The molecular formula is C23H18O3. The summed E-state index contributed by atoms with van der Waals surface area (Å²) in [6.07, 6.45) is 0. The molecule has 0 saturated carbocycles. The Balaban J connectivity index is 1.65. The van der Waals surface area contributed by atoms with Crippen molar-refractivity contribution in [2.45, 2.75) is 6.92 Å². The lowest BCUT2D eigenvalue weighted by molar-refractivity contribution is 0.101. The zero-order chi connectivity index (χ0) is 17.9. The largest absolute Gasteiger partial charge is 0.490 e. The smallest absolute Gasteiger partial charge is 0.228 e. The molecular weight excluding hydrogens is 324 g/mol. The highest BCUT2D eigenvalue weighted by Gasteiger charge is 2.16. The number of benzene rings is 3. The minimum atomic E-state index is -0.136. The van der Waals surface area contributed by atoms with Gasteiger partial charge in [-0.1, -0.05) is 66.7 Å². The highest BCUT2D eigenvalue weighted by atomic mass is 16.5. The van der Waals surface area contributed by atoms with Crippen LogP contribution in [0.4, 0.5) is 0 Å². The van der Waals surface area contributed by atoms with Crippen molar-refractivity contribution in [1.29, 1.82) is 0 Å². The predicted octanol–water partition coefficient (Wildman–Crippen LogP) is 5.73. The van der Waals surface area contributed by atoms with Gasteiger partial charge in [0.1, 0.15) is 0 Å². The summed E-state index contributed by atoms with van der Waals surface area (Å²) in [5.41, 5.74) is 3.40. The van der Waals surface area contributed by atoms with E-state index in [9.17, 15) is 4.79 Å². The van der Waals surface area contributed by atoms with Crippen molar-refractivity contribution in [3.05, 3.63) is 90.2 Å². The van der Waals surface area contributed by atoms with Crippen LogP contribution in [0.2, 0.25) is 0 Å². The average Bonchev–Trinajstić information content (AvgIpc) is 3.14. The lowest BCUT2D eigenvalue weighted by Gasteiger charge is -2.03. The summed E-state index contributed by atoms with van der Waals surface area (Å²) in [7, 11) is 0. The van der Waals surface area contributed by atoms with Gasteiger partial charge in [0.05, 0.1) is 6.61 Å². The van der Waals surface area contributed by atoms with E-state index in [2.05, 4.69) is 0 Å². The fourth-order valence-corrected chi connectivity index (χ4v) is 3.00. The average molecular weight is 342 g/mol. The normalized spacial score (nSPS) is 10.8. The standard InChI is InChI=1S/C23H18O3/c1-2-25-20-10-6-9-19-15-21(26-23(19)20)22(24)18-13-11-17(12-14-18)16-7-4-3-5-8-16/h3-15H,2H2,1H3. The van der Waals surface area contributed by atoms with Crippen molar-refractivity contribution in [3.63, 3.8) is 0 Å². The van der Waals surface area contributed by atoms with E-state index in [1.54, 1.807) is 6.07 Å². The maximum Gasteiger partial charge on any atom is 0.228 e. The zero-order valence-corrected chi connectivity index (χ0v) is 14.4. The Hall–Kier alpha value is -3.33. The van der Waals surface area contributed by atoms with E-state index in [1.165, 1.54) is 0 Å². The zero-order valence-electron chi connectivity index (χ0n) is 14.4. The van der Waals surface area contributed by atoms with Crippen LogP contribution in [0.5, 0.6) is 5.75 Å². The van der Waals surface area contributed by atoms with Gasteiger partial charge in [-0.05, 0) is 30.2 Å². The van der Waals surface area contributed by atoms with Gasteiger partial charge in [-0.25, -0.2) is 0 Å². The van der Waals surface area contributed by atoms with Crippen LogP contribution in [-0.4, -0.2) is 12.4 Å². The van der Waals surface area contributed by atoms with E-state index >= 15 is 0 Å². The molecule has 3 aromatic carbocycles. The van der Waals surface area contributed by atoms with E-state index in [0.717, 1.165) is 16.5 Å². The maximum absolute atomic E-state index is 12.8. The molecule has 0 aliphatic carbocycles. The van der Waals surface area contributed by atoms with Crippen LogP contribution < -0.4 is 4.74 Å². The van der Waals surface area contributed by atoms with E-state index in [0.29, 0.717) is 29.3 Å². The molecule has 0 saturated heterocycles. The maximum atomic E-state index is 12.8. The summed E-state index contributed by atoms with van der Waals surface area (Å²) >= 11 is 0. The first-order valence-electron chi connectivity index (χ1n) is 8.62. The molecule has 0 atom stereocenters. The molecule has 128 valence electrons. The Kier molecular flexibility index (Phi) is 4.28. The fraction of sp³-hybridized carbons (Fsp3) is 0.0870. The Bertz CT molecular complexity index is 1040. The number of hydrogen-bond donors (Lipinski definition) is 0. The van der Waals surface area contributed by atoms with Gasteiger partial charge in [-0.15, -0.1) is 0 Å². The Labute approximate surface area is 151 Å². The van der Waals surface area contributed by atoms with E-state index in [1.807, 2.05) is 79.7 Å². The number of carbonyl (C=O) groups excluding carboxylic acids is 1. The number of furan rings is 1. The topological polar surface area (TPSA) is 39.4 Å². The molecule has 0 aliphatic rings. The van der Waals surface area contributed by atoms with Gasteiger partial charge in [-0.2, -0.15) is 0 Å². The number of ketones is 1. The molecule has 1 heterocycles. The van der Waals surface area contributed by atoms with Crippen LogP contribution in [0, 0.1) is 0 Å². The second-order valence-corrected chi connectivity index (χ2v) is 5.99. The molecule has 3 heteroatoms. The molecule has 0 N–H and O–H groups in total. The van der Waals surface area contributed by atoms with Crippen molar-refractivity contribution < 1.29 is 13.9 Å². The quantitative estimate of drug-likeness (QED) is 0.435. The van der Waals surface area contributed by atoms with E-state index in [-0.39, 0.29) is 5.78 Å². The van der Waals surface area contributed by atoms with Gasteiger partial charge in [-0.3, -0.25) is 4.79 Å². The first-order chi connectivity index (χ1) is 12.8. The van der Waals surface area contributed by atoms with E-state index < -0.39 is 0 Å². The second kappa shape index (κ2) is 6.89. The SMILES string of the molecule is CCOc1cccc2cc(C(=O)c3ccc(-c4ccccc4)cc3)oc12. The molecule has 26 heavy (non-hydrogen) atoms. The van der Waals surface area contributed by atoms with Gasteiger partial charge in [0.2, 0.25) is 5.78 Å². The van der Waals surface area contributed by atoms with Crippen molar-refractivity contribution >= 4 is 16.8 Å². The highest BCUT2D eigenvalue weighted by Crippen LogP contribution is 2.30. The minimum absolute atomic E-state index is 0.136. The molecule has 0 radical (unpaired) electrons. The van der Waals surface area contributed by atoms with Crippen LogP contribution in [0.3, 0.4) is 0 Å². The number of fused-ring (bicyclic) bond motifs is 1. The van der Waals surface area contributed by atoms with Crippen molar-refractivity contribution in [2.75, 3.05) is 6.61 Å². The molecule has 4 aromatic rings.